The van der Waals surface area contributed by atoms with Gasteiger partial charge in [0, 0.05) is 23.6 Å². The Kier molecular flexibility index (Phi) is 3.02. The van der Waals surface area contributed by atoms with Crippen molar-refractivity contribution in [1.29, 1.82) is 0 Å². The van der Waals surface area contributed by atoms with Gasteiger partial charge in [-0.25, -0.2) is 8.78 Å². The summed E-state index contributed by atoms with van der Waals surface area (Å²) < 4.78 is 28.3. The van der Waals surface area contributed by atoms with Gasteiger partial charge in [0.15, 0.2) is 0 Å². The van der Waals surface area contributed by atoms with Crippen molar-refractivity contribution >= 4 is 17.2 Å². The van der Waals surface area contributed by atoms with E-state index in [0.717, 1.165) is 10.9 Å². The van der Waals surface area contributed by atoms with Gasteiger partial charge in [0.25, 0.3) is 0 Å². The van der Waals surface area contributed by atoms with Crippen molar-refractivity contribution in [3.63, 3.8) is 0 Å². The topological polar surface area (TPSA) is 43.8 Å². The summed E-state index contributed by atoms with van der Waals surface area (Å²) in [6.45, 7) is 0. The molecule has 1 aromatic carbocycles. The van der Waals surface area contributed by atoms with Gasteiger partial charge in [0.1, 0.15) is 23.1 Å². The maximum absolute atomic E-state index is 13.4. The van der Waals surface area contributed by atoms with Gasteiger partial charge in [-0.05, 0) is 23.6 Å². The highest BCUT2D eigenvalue weighted by Gasteiger charge is 2.19. The van der Waals surface area contributed by atoms with Crippen molar-refractivity contribution < 1.29 is 8.78 Å². The Balaban J connectivity index is 2.26. The van der Waals surface area contributed by atoms with Crippen LogP contribution in [-0.4, -0.2) is 9.78 Å². The van der Waals surface area contributed by atoms with E-state index in [1.54, 1.807) is 7.05 Å². The number of nitrogen functional groups attached to an aromatic ring is 1. The third-order valence-electron chi connectivity index (χ3n) is 3.00. The Morgan fingerprint density at radius 2 is 1.90 bits per heavy atom. The minimum absolute atomic E-state index is 0.373. The van der Waals surface area contributed by atoms with Crippen molar-refractivity contribution in [2.45, 2.75) is 0 Å². The molecule has 0 aliphatic heterocycles. The minimum Gasteiger partial charge on any atom is -0.383 e. The smallest absolute Gasteiger partial charge is 0.130 e. The quantitative estimate of drug-likeness (QED) is 0.782. The number of rotatable bonds is 2. The van der Waals surface area contributed by atoms with Crippen molar-refractivity contribution in [1.82, 2.24) is 9.78 Å². The van der Waals surface area contributed by atoms with Crippen molar-refractivity contribution in [3.8, 4) is 21.7 Å². The number of benzene rings is 1. The summed E-state index contributed by atoms with van der Waals surface area (Å²) in [5, 5.41) is 6.20. The zero-order valence-corrected chi connectivity index (χ0v) is 11.4. The zero-order chi connectivity index (χ0) is 14.3. The zero-order valence-electron chi connectivity index (χ0n) is 10.6. The Morgan fingerprint density at radius 3 is 2.50 bits per heavy atom. The third-order valence-corrected chi connectivity index (χ3v) is 3.88. The van der Waals surface area contributed by atoms with Gasteiger partial charge >= 0.3 is 0 Å². The van der Waals surface area contributed by atoms with E-state index in [4.69, 9.17) is 5.73 Å². The summed E-state index contributed by atoms with van der Waals surface area (Å²) in [5.74, 6) is -0.810. The Hall–Kier alpha value is -2.21. The number of halogens is 2. The predicted octanol–water partition coefficient (Wildman–Crippen LogP) is 3.68. The molecule has 0 atom stereocenters. The van der Waals surface area contributed by atoms with Crippen LogP contribution in [0.4, 0.5) is 14.6 Å². The van der Waals surface area contributed by atoms with E-state index in [9.17, 15) is 8.78 Å². The first-order chi connectivity index (χ1) is 9.56. The van der Waals surface area contributed by atoms with E-state index in [1.807, 2.05) is 17.5 Å². The van der Waals surface area contributed by atoms with Crippen LogP contribution in [0.5, 0.6) is 0 Å². The monoisotopic (exact) mass is 291 g/mol. The molecule has 3 nitrogen and oxygen atoms in total. The number of aryl methyl sites for hydroxylation is 1. The maximum atomic E-state index is 13.4. The molecule has 2 heterocycles. The first-order valence-corrected chi connectivity index (χ1v) is 6.77. The van der Waals surface area contributed by atoms with Crippen LogP contribution in [0.1, 0.15) is 0 Å². The van der Waals surface area contributed by atoms with Crippen LogP contribution in [0.3, 0.4) is 0 Å². The molecule has 0 saturated heterocycles. The lowest BCUT2D eigenvalue weighted by molar-refractivity contribution is 0.584. The summed E-state index contributed by atoms with van der Waals surface area (Å²) in [5.41, 5.74) is 7.58. The lowest BCUT2D eigenvalue weighted by Crippen LogP contribution is -1.97. The van der Waals surface area contributed by atoms with Crippen LogP contribution in [0.2, 0.25) is 0 Å². The average molecular weight is 291 g/mol. The molecule has 0 aliphatic rings. The van der Waals surface area contributed by atoms with Gasteiger partial charge in [-0.15, -0.1) is 11.3 Å². The third kappa shape index (κ3) is 2.08. The molecule has 0 bridgehead atoms. The molecule has 3 aromatic rings. The first kappa shape index (κ1) is 12.8. The number of thiophene rings is 1. The highest BCUT2D eigenvalue weighted by atomic mass is 32.1. The summed E-state index contributed by atoms with van der Waals surface area (Å²) in [4.78, 5) is 0.912. The van der Waals surface area contributed by atoms with Crippen LogP contribution in [0, 0.1) is 11.6 Å². The van der Waals surface area contributed by atoms with Crippen LogP contribution in [-0.2, 0) is 7.05 Å². The molecule has 0 radical (unpaired) electrons. The second-order valence-electron chi connectivity index (χ2n) is 4.37. The standard InChI is InChI=1S/C14H11F2N3S/c1-19-14(17)12(11-3-2-4-20-11)13(18-19)8-5-9(15)7-10(16)6-8/h2-7H,17H2,1H3. The summed E-state index contributed by atoms with van der Waals surface area (Å²) >= 11 is 1.50. The van der Waals surface area contributed by atoms with Gasteiger partial charge in [-0.3, -0.25) is 4.68 Å². The van der Waals surface area contributed by atoms with Gasteiger partial charge in [-0.1, -0.05) is 6.07 Å². The lowest BCUT2D eigenvalue weighted by atomic mass is 10.1. The lowest BCUT2D eigenvalue weighted by Gasteiger charge is -2.02. The van der Waals surface area contributed by atoms with Crippen LogP contribution < -0.4 is 5.73 Å². The van der Waals surface area contributed by atoms with Crippen LogP contribution in [0.25, 0.3) is 21.7 Å². The molecule has 3 rings (SSSR count). The van der Waals surface area contributed by atoms with E-state index in [-0.39, 0.29) is 0 Å². The van der Waals surface area contributed by atoms with Crippen LogP contribution >= 0.6 is 11.3 Å². The second kappa shape index (κ2) is 4.72. The minimum atomic E-state index is -0.638. The van der Waals surface area contributed by atoms with E-state index < -0.39 is 11.6 Å². The van der Waals surface area contributed by atoms with Crippen LogP contribution in [0.15, 0.2) is 35.7 Å². The summed E-state index contributed by atoms with van der Waals surface area (Å²) in [6, 6.07) is 7.13. The Bertz CT molecular complexity index is 743. The van der Waals surface area contributed by atoms with E-state index in [1.165, 1.54) is 28.2 Å². The number of hydrogen-bond donors (Lipinski definition) is 1. The van der Waals surface area contributed by atoms with Crippen molar-refractivity contribution in [2.24, 2.45) is 7.05 Å². The second-order valence-corrected chi connectivity index (χ2v) is 5.32. The van der Waals surface area contributed by atoms with Gasteiger partial charge in [0.05, 0.1) is 5.56 Å². The van der Waals surface area contributed by atoms with E-state index in [0.29, 0.717) is 22.6 Å². The fraction of sp³-hybridized carbons (Fsp3) is 0.0714. The van der Waals surface area contributed by atoms with E-state index >= 15 is 0 Å². The molecule has 0 fully saturated rings. The largest absolute Gasteiger partial charge is 0.383 e. The normalized spacial score (nSPS) is 10.9. The molecule has 102 valence electrons. The summed E-state index contributed by atoms with van der Waals surface area (Å²) in [6.07, 6.45) is 0. The number of aromatic nitrogens is 2. The predicted molar refractivity (Wildman–Crippen MR) is 76.3 cm³/mol. The molecule has 0 saturated carbocycles. The Labute approximate surface area is 118 Å². The molecular formula is C14H11F2N3S. The van der Waals surface area contributed by atoms with Gasteiger partial charge < -0.3 is 5.73 Å². The molecule has 0 spiro atoms. The number of hydrogen-bond acceptors (Lipinski definition) is 3. The molecular weight excluding hydrogens is 280 g/mol. The first-order valence-electron chi connectivity index (χ1n) is 5.89. The fourth-order valence-electron chi connectivity index (χ4n) is 2.09. The van der Waals surface area contributed by atoms with E-state index in [2.05, 4.69) is 5.10 Å². The molecule has 6 heteroatoms. The molecule has 20 heavy (non-hydrogen) atoms. The summed E-state index contributed by atoms with van der Waals surface area (Å²) in [7, 11) is 1.70. The molecule has 0 amide bonds. The highest BCUT2D eigenvalue weighted by Crippen LogP contribution is 2.38. The fourth-order valence-corrected chi connectivity index (χ4v) is 2.87. The number of anilines is 1. The SMILES string of the molecule is Cn1nc(-c2cc(F)cc(F)c2)c(-c2cccs2)c1N. The van der Waals surface area contributed by atoms with Gasteiger partial charge in [-0.2, -0.15) is 5.10 Å². The molecule has 2 aromatic heterocycles. The van der Waals surface area contributed by atoms with Crippen molar-refractivity contribution in [3.05, 3.63) is 47.3 Å². The highest BCUT2D eigenvalue weighted by molar-refractivity contribution is 7.13. The van der Waals surface area contributed by atoms with Crippen molar-refractivity contribution in [2.75, 3.05) is 5.73 Å². The number of nitrogens with zero attached hydrogens (tertiary/aromatic N) is 2. The Morgan fingerprint density at radius 1 is 1.20 bits per heavy atom. The average Bonchev–Trinajstić information content (AvgIpc) is 2.98. The van der Waals surface area contributed by atoms with Gasteiger partial charge in [0.2, 0.25) is 0 Å². The number of nitrogens with two attached hydrogens (primary N) is 1. The molecule has 2 N–H and O–H groups in total. The molecule has 0 unspecified atom stereocenters. The molecule has 0 aliphatic carbocycles. The maximum Gasteiger partial charge on any atom is 0.130 e.